The minimum Gasteiger partial charge on any atom is -0.496 e. The number of nitro groups is 1. The fourth-order valence-electron chi connectivity index (χ4n) is 3.87. The fourth-order valence-corrected chi connectivity index (χ4v) is 4.95. The minimum atomic E-state index is -4.62. The number of benzene rings is 1. The molecule has 0 fully saturated rings. The van der Waals surface area contributed by atoms with Crippen molar-refractivity contribution in [3.63, 3.8) is 0 Å². The van der Waals surface area contributed by atoms with Crippen molar-refractivity contribution in [2.75, 3.05) is 7.11 Å². The molecule has 0 unspecified atom stereocenters. The van der Waals surface area contributed by atoms with Crippen LogP contribution in [-0.4, -0.2) is 36.8 Å². The van der Waals surface area contributed by atoms with E-state index in [0.717, 1.165) is 23.6 Å². The second-order valence-electron chi connectivity index (χ2n) is 7.88. The van der Waals surface area contributed by atoms with Crippen LogP contribution < -0.4 is 10.3 Å². The van der Waals surface area contributed by atoms with Crippen LogP contribution in [0, 0.1) is 17.0 Å². The summed E-state index contributed by atoms with van der Waals surface area (Å²) in [7, 11) is 1.47. The summed E-state index contributed by atoms with van der Waals surface area (Å²) >= 11 is 0.848. The van der Waals surface area contributed by atoms with E-state index in [-0.39, 0.29) is 33.1 Å². The molecule has 0 saturated heterocycles. The van der Waals surface area contributed by atoms with Crippen molar-refractivity contribution < 1.29 is 22.8 Å². The number of pyridine rings is 1. The lowest BCUT2D eigenvalue weighted by Crippen LogP contribution is -2.09. The molecule has 184 valence electrons. The summed E-state index contributed by atoms with van der Waals surface area (Å²) in [6.45, 7) is 1.66. The first-order valence-corrected chi connectivity index (χ1v) is 11.1. The van der Waals surface area contributed by atoms with E-state index < -0.39 is 22.4 Å². The Morgan fingerprint density at radius 3 is 2.69 bits per heavy atom. The molecule has 10 nitrogen and oxygen atoms in total. The number of H-pyrrole nitrogens is 1. The normalized spacial score (nSPS) is 11.9. The van der Waals surface area contributed by atoms with Gasteiger partial charge in [0, 0.05) is 16.5 Å². The van der Waals surface area contributed by atoms with Crippen LogP contribution in [0.3, 0.4) is 0 Å². The lowest BCUT2D eigenvalue weighted by molar-refractivity contribution is -0.385. The van der Waals surface area contributed by atoms with Crippen molar-refractivity contribution in [2.24, 2.45) is 0 Å². The molecular weight excluding hydrogens is 501 g/mol. The highest BCUT2D eigenvalue weighted by Crippen LogP contribution is 2.37. The standard InChI is InChI=1S/C22H15F3N6O4S/c1-10-5-15(22(23,24)25)27-21-16(10)17-18(36-21)20(32)29-19(28-17)11-3-4-14(35-2)12(6-11)8-30-9-13(7-26-30)31(33)34/h3-7,9H,8H2,1-2H3,(H,28,29,32). The quantitative estimate of drug-likeness (QED) is 0.265. The highest BCUT2D eigenvalue weighted by molar-refractivity contribution is 7.25. The number of nitrogens with zero attached hydrogens (tertiary/aromatic N) is 5. The summed E-state index contributed by atoms with van der Waals surface area (Å²) in [5.74, 6) is 0.683. The van der Waals surface area contributed by atoms with Crippen molar-refractivity contribution in [3.8, 4) is 17.1 Å². The molecule has 0 aliphatic rings. The third kappa shape index (κ3) is 4.04. The molecule has 0 bridgehead atoms. The number of hydrogen-bond acceptors (Lipinski definition) is 8. The van der Waals surface area contributed by atoms with Gasteiger partial charge in [0.05, 0.1) is 24.1 Å². The molecule has 0 spiro atoms. The van der Waals surface area contributed by atoms with E-state index in [1.54, 1.807) is 18.2 Å². The smallest absolute Gasteiger partial charge is 0.433 e. The van der Waals surface area contributed by atoms with Gasteiger partial charge in [0.2, 0.25) is 0 Å². The zero-order chi connectivity index (χ0) is 25.8. The maximum atomic E-state index is 13.2. The number of hydrogen-bond donors (Lipinski definition) is 1. The molecule has 0 aliphatic heterocycles. The van der Waals surface area contributed by atoms with E-state index in [9.17, 15) is 28.1 Å². The van der Waals surface area contributed by atoms with Gasteiger partial charge in [0.25, 0.3) is 5.56 Å². The predicted octanol–water partition coefficient (Wildman–Crippen LogP) is 4.69. The Kier molecular flexibility index (Phi) is 5.47. The van der Waals surface area contributed by atoms with Crippen LogP contribution >= 0.6 is 11.3 Å². The maximum Gasteiger partial charge on any atom is 0.433 e. The minimum absolute atomic E-state index is 0.0724. The van der Waals surface area contributed by atoms with Crippen molar-refractivity contribution >= 4 is 37.5 Å². The van der Waals surface area contributed by atoms with Crippen LogP contribution in [0.25, 0.3) is 31.8 Å². The summed E-state index contributed by atoms with van der Waals surface area (Å²) in [5, 5.41) is 15.3. The number of rotatable bonds is 5. The van der Waals surface area contributed by atoms with E-state index in [1.807, 2.05) is 0 Å². The zero-order valence-electron chi connectivity index (χ0n) is 18.6. The Balaban J connectivity index is 1.63. The molecule has 5 aromatic rings. The molecule has 0 saturated carbocycles. The largest absolute Gasteiger partial charge is 0.496 e. The molecule has 4 aromatic heterocycles. The maximum absolute atomic E-state index is 13.2. The fraction of sp³-hybridized carbons (Fsp3) is 0.182. The van der Waals surface area contributed by atoms with Gasteiger partial charge < -0.3 is 9.72 Å². The average Bonchev–Trinajstić information content (AvgIpc) is 3.44. The number of aryl methyl sites for hydroxylation is 1. The first-order valence-electron chi connectivity index (χ1n) is 10.3. The Bertz CT molecular complexity index is 1720. The van der Waals surface area contributed by atoms with Gasteiger partial charge in [0.15, 0.2) is 0 Å². The molecule has 1 aromatic carbocycles. The first kappa shape index (κ1) is 23.4. The molecule has 36 heavy (non-hydrogen) atoms. The average molecular weight is 516 g/mol. The summed E-state index contributed by atoms with van der Waals surface area (Å²) in [4.78, 5) is 34.3. The Morgan fingerprint density at radius 1 is 1.25 bits per heavy atom. The number of alkyl halides is 3. The molecule has 0 atom stereocenters. The number of methoxy groups -OCH3 is 1. The van der Waals surface area contributed by atoms with Crippen LogP contribution in [-0.2, 0) is 12.7 Å². The van der Waals surface area contributed by atoms with E-state index in [2.05, 4.69) is 20.1 Å². The lowest BCUT2D eigenvalue weighted by Gasteiger charge is -2.11. The molecule has 4 heterocycles. The highest BCUT2D eigenvalue weighted by atomic mass is 32.1. The molecule has 1 N–H and O–H groups in total. The number of fused-ring (bicyclic) bond motifs is 3. The van der Waals surface area contributed by atoms with Crippen molar-refractivity contribution in [2.45, 2.75) is 19.6 Å². The molecule has 0 aliphatic carbocycles. The van der Waals surface area contributed by atoms with Crippen LogP contribution in [0.1, 0.15) is 16.8 Å². The highest BCUT2D eigenvalue weighted by Gasteiger charge is 2.33. The Morgan fingerprint density at radius 2 is 2.03 bits per heavy atom. The number of nitrogens with one attached hydrogen (secondary N) is 1. The van der Waals surface area contributed by atoms with Crippen molar-refractivity contribution in [3.05, 3.63) is 73.9 Å². The topological polar surface area (TPSA) is 129 Å². The van der Waals surface area contributed by atoms with Gasteiger partial charge in [-0.2, -0.15) is 18.3 Å². The van der Waals surface area contributed by atoms with Gasteiger partial charge in [-0.25, -0.2) is 9.97 Å². The Labute approximate surface area is 203 Å². The van der Waals surface area contributed by atoms with E-state index in [0.29, 0.717) is 27.8 Å². The van der Waals surface area contributed by atoms with E-state index >= 15 is 0 Å². The molecular formula is C22H15F3N6O4S. The van der Waals surface area contributed by atoms with Gasteiger partial charge >= 0.3 is 11.9 Å². The van der Waals surface area contributed by atoms with Gasteiger partial charge in [-0.1, -0.05) is 0 Å². The number of thiophene rings is 1. The number of aromatic amines is 1. The van der Waals surface area contributed by atoms with Crippen LogP contribution in [0.15, 0.2) is 41.5 Å². The molecule has 0 amide bonds. The third-order valence-corrected chi connectivity index (χ3v) is 6.57. The summed E-state index contributed by atoms with van der Waals surface area (Å²) < 4.78 is 46.6. The monoisotopic (exact) mass is 516 g/mol. The summed E-state index contributed by atoms with van der Waals surface area (Å²) in [6.07, 6.45) is -2.21. The van der Waals surface area contributed by atoms with Gasteiger partial charge in [-0.15, -0.1) is 11.3 Å². The van der Waals surface area contributed by atoms with E-state index in [1.165, 1.54) is 24.9 Å². The zero-order valence-corrected chi connectivity index (χ0v) is 19.4. The van der Waals surface area contributed by atoms with Gasteiger partial charge in [0.1, 0.15) is 39.2 Å². The third-order valence-electron chi connectivity index (χ3n) is 5.50. The SMILES string of the molecule is COc1ccc(-c2nc3c(sc4nc(C(F)(F)F)cc(C)c43)c(=O)[nH]2)cc1Cn1cc([N+](=O)[O-])cn1. The second kappa shape index (κ2) is 8.41. The second-order valence-corrected chi connectivity index (χ2v) is 8.88. The first-order chi connectivity index (χ1) is 17.0. The number of aromatic nitrogens is 5. The van der Waals surface area contributed by atoms with Gasteiger partial charge in [-0.3, -0.25) is 19.6 Å². The number of halogens is 3. The molecule has 0 radical (unpaired) electrons. The van der Waals surface area contributed by atoms with Crippen molar-refractivity contribution in [1.29, 1.82) is 0 Å². The van der Waals surface area contributed by atoms with Crippen molar-refractivity contribution in [1.82, 2.24) is 24.7 Å². The lowest BCUT2D eigenvalue weighted by atomic mass is 10.1. The number of ether oxygens (including phenoxy) is 1. The summed E-state index contributed by atoms with van der Waals surface area (Å²) in [6, 6.07) is 5.95. The van der Waals surface area contributed by atoms with E-state index in [4.69, 9.17) is 4.74 Å². The Hall–Kier alpha value is -4.33. The van der Waals surface area contributed by atoms with Crippen LogP contribution in [0.5, 0.6) is 5.75 Å². The van der Waals surface area contributed by atoms with Crippen LogP contribution in [0.4, 0.5) is 18.9 Å². The van der Waals surface area contributed by atoms with Crippen LogP contribution in [0.2, 0.25) is 0 Å². The summed E-state index contributed by atoms with van der Waals surface area (Å²) in [5.41, 5.74) is -0.0308. The van der Waals surface area contributed by atoms with Gasteiger partial charge in [-0.05, 0) is 36.8 Å². The molecule has 5 rings (SSSR count). The molecule has 14 heteroatoms. The predicted molar refractivity (Wildman–Crippen MR) is 125 cm³/mol.